The van der Waals surface area contributed by atoms with Gasteiger partial charge in [-0.3, -0.25) is 0 Å². The van der Waals surface area contributed by atoms with E-state index < -0.39 is 8.07 Å². The lowest BCUT2D eigenvalue weighted by molar-refractivity contribution is 0.0797. The minimum absolute atomic E-state index is 0.238. The summed E-state index contributed by atoms with van der Waals surface area (Å²) >= 11 is 0. The lowest BCUT2D eigenvalue weighted by Gasteiger charge is -2.15. The SMILES string of the molecule is C[Si](C)(C)CCOCn1cccc1F. The maximum atomic E-state index is 12.9. The molecular formula is C10H18FNOSi. The largest absolute Gasteiger partial charge is 0.361 e. The van der Waals surface area contributed by atoms with E-state index in [1.165, 1.54) is 10.6 Å². The van der Waals surface area contributed by atoms with Crippen LogP contribution >= 0.6 is 0 Å². The Labute approximate surface area is 85.7 Å². The average Bonchev–Trinajstić information content (AvgIpc) is 2.44. The van der Waals surface area contributed by atoms with E-state index >= 15 is 0 Å². The lowest BCUT2D eigenvalue weighted by Crippen LogP contribution is -2.22. The molecule has 1 aromatic rings. The van der Waals surface area contributed by atoms with E-state index in [1.54, 1.807) is 12.3 Å². The Balaban J connectivity index is 2.20. The highest BCUT2D eigenvalue weighted by molar-refractivity contribution is 6.76. The normalized spacial score (nSPS) is 12.0. The first kappa shape index (κ1) is 11.5. The molecule has 0 bridgehead atoms. The van der Waals surface area contributed by atoms with Crippen molar-refractivity contribution in [2.45, 2.75) is 32.4 Å². The van der Waals surface area contributed by atoms with E-state index in [-0.39, 0.29) is 5.95 Å². The van der Waals surface area contributed by atoms with Crippen LogP contribution in [0.25, 0.3) is 0 Å². The summed E-state index contributed by atoms with van der Waals surface area (Å²) in [6, 6.07) is 4.23. The minimum Gasteiger partial charge on any atom is -0.361 e. The van der Waals surface area contributed by atoms with Gasteiger partial charge in [-0.25, -0.2) is 0 Å². The van der Waals surface area contributed by atoms with Crippen LogP contribution in [0.15, 0.2) is 18.3 Å². The van der Waals surface area contributed by atoms with Gasteiger partial charge in [-0.2, -0.15) is 4.39 Å². The average molecular weight is 215 g/mol. The molecule has 1 aromatic heterocycles. The Bertz CT molecular complexity index is 280. The number of nitrogens with zero attached hydrogens (tertiary/aromatic N) is 1. The number of ether oxygens (including phenoxy) is 1. The van der Waals surface area contributed by atoms with Gasteiger partial charge in [0.2, 0.25) is 0 Å². The molecule has 0 aliphatic heterocycles. The molecule has 80 valence electrons. The second-order valence-electron chi connectivity index (χ2n) is 4.65. The molecule has 0 aromatic carbocycles. The van der Waals surface area contributed by atoms with Crippen molar-refractivity contribution in [2.75, 3.05) is 6.61 Å². The van der Waals surface area contributed by atoms with Crippen molar-refractivity contribution in [3.05, 3.63) is 24.3 Å². The number of rotatable bonds is 5. The fourth-order valence-corrected chi connectivity index (χ4v) is 1.80. The number of aromatic nitrogens is 1. The molecule has 0 N–H and O–H groups in total. The Morgan fingerprint density at radius 1 is 1.43 bits per heavy atom. The van der Waals surface area contributed by atoms with Crippen LogP contribution in [0.4, 0.5) is 4.39 Å². The molecule has 0 aliphatic carbocycles. The zero-order valence-electron chi connectivity index (χ0n) is 9.09. The predicted molar refractivity (Wildman–Crippen MR) is 58.5 cm³/mol. The van der Waals surface area contributed by atoms with Crippen molar-refractivity contribution in [2.24, 2.45) is 0 Å². The van der Waals surface area contributed by atoms with Gasteiger partial charge in [0.15, 0.2) is 5.95 Å². The van der Waals surface area contributed by atoms with Crippen molar-refractivity contribution in [3.63, 3.8) is 0 Å². The van der Waals surface area contributed by atoms with Gasteiger partial charge in [-0.15, -0.1) is 0 Å². The quantitative estimate of drug-likeness (QED) is 0.544. The summed E-state index contributed by atoms with van der Waals surface area (Å²) in [7, 11) is -1.02. The molecule has 2 nitrogen and oxygen atoms in total. The predicted octanol–water partition coefficient (Wildman–Crippen LogP) is 2.94. The van der Waals surface area contributed by atoms with Crippen LogP contribution in [0.1, 0.15) is 0 Å². The Morgan fingerprint density at radius 2 is 2.14 bits per heavy atom. The summed E-state index contributed by atoms with van der Waals surface area (Å²) in [6.45, 7) is 7.95. The van der Waals surface area contributed by atoms with E-state index in [4.69, 9.17) is 4.74 Å². The van der Waals surface area contributed by atoms with Gasteiger partial charge in [-0.1, -0.05) is 19.6 Å². The topological polar surface area (TPSA) is 14.2 Å². The zero-order valence-corrected chi connectivity index (χ0v) is 10.1. The molecule has 0 saturated heterocycles. The molecule has 0 unspecified atom stereocenters. The first-order valence-corrected chi connectivity index (χ1v) is 8.58. The fraction of sp³-hybridized carbons (Fsp3) is 0.600. The highest BCUT2D eigenvalue weighted by Gasteiger charge is 2.12. The van der Waals surface area contributed by atoms with Crippen LogP contribution in [0.3, 0.4) is 0 Å². The second-order valence-corrected chi connectivity index (χ2v) is 10.3. The van der Waals surface area contributed by atoms with Crippen LogP contribution in [0.5, 0.6) is 0 Å². The van der Waals surface area contributed by atoms with Crippen molar-refractivity contribution < 1.29 is 9.13 Å². The molecule has 0 saturated carbocycles. The molecule has 1 heterocycles. The monoisotopic (exact) mass is 215 g/mol. The molecular weight excluding hydrogens is 197 g/mol. The van der Waals surface area contributed by atoms with Crippen LogP contribution in [0.2, 0.25) is 25.7 Å². The lowest BCUT2D eigenvalue weighted by atomic mass is 10.7. The maximum Gasteiger partial charge on any atom is 0.195 e. The van der Waals surface area contributed by atoms with E-state index in [2.05, 4.69) is 19.6 Å². The second kappa shape index (κ2) is 4.75. The van der Waals surface area contributed by atoms with Gasteiger partial charge in [0.1, 0.15) is 6.73 Å². The first-order valence-electron chi connectivity index (χ1n) is 4.87. The third kappa shape index (κ3) is 4.06. The van der Waals surface area contributed by atoms with Gasteiger partial charge < -0.3 is 9.30 Å². The molecule has 0 aliphatic rings. The van der Waals surface area contributed by atoms with Gasteiger partial charge in [0.25, 0.3) is 0 Å². The summed E-state index contributed by atoms with van der Waals surface area (Å²) < 4.78 is 19.8. The highest BCUT2D eigenvalue weighted by atomic mass is 28.3. The van der Waals surface area contributed by atoms with Crippen LogP contribution in [-0.2, 0) is 11.5 Å². The molecule has 0 atom stereocenters. The van der Waals surface area contributed by atoms with Crippen LogP contribution in [0, 0.1) is 5.95 Å². The fourth-order valence-electron chi connectivity index (χ4n) is 1.04. The third-order valence-corrected chi connectivity index (χ3v) is 3.71. The first-order chi connectivity index (χ1) is 6.49. The zero-order chi connectivity index (χ0) is 10.6. The van der Waals surface area contributed by atoms with Gasteiger partial charge in [0, 0.05) is 20.9 Å². The summed E-state index contributed by atoms with van der Waals surface area (Å²) in [4.78, 5) is 0. The van der Waals surface area contributed by atoms with Crippen molar-refractivity contribution in [3.8, 4) is 0 Å². The summed E-state index contributed by atoms with van der Waals surface area (Å²) in [5.74, 6) is -0.238. The molecule has 0 amide bonds. The molecule has 0 fully saturated rings. The van der Waals surface area contributed by atoms with Crippen molar-refractivity contribution in [1.29, 1.82) is 0 Å². The molecule has 1 rings (SSSR count). The Hall–Kier alpha value is -0.613. The van der Waals surface area contributed by atoms with Crippen LogP contribution in [-0.4, -0.2) is 19.2 Å². The highest BCUT2D eigenvalue weighted by Crippen LogP contribution is 2.08. The number of hydrogen-bond acceptors (Lipinski definition) is 1. The van der Waals surface area contributed by atoms with E-state index in [0.29, 0.717) is 6.73 Å². The smallest absolute Gasteiger partial charge is 0.195 e. The summed E-state index contributed by atoms with van der Waals surface area (Å²) in [5.41, 5.74) is 0. The van der Waals surface area contributed by atoms with Gasteiger partial charge in [-0.05, 0) is 18.2 Å². The van der Waals surface area contributed by atoms with Crippen LogP contribution < -0.4 is 0 Å². The van der Waals surface area contributed by atoms with Gasteiger partial charge in [0.05, 0.1) is 0 Å². The Morgan fingerprint density at radius 3 is 2.64 bits per heavy atom. The van der Waals surface area contributed by atoms with Crippen molar-refractivity contribution in [1.82, 2.24) is 4.57 Å². The Kier molecular flexibility index (Phi) is 3.89. The molecule has 4 heteroatoms. The van der Waals surface area contributed by atoms with E-state index in [0.717, 1.165) is 12.7 Å². The number of hydrogen-bond donors (Lipinski definition) is 0. The molecule has 14 heavy (non-hydrogen) atoms. The van der Waals surface area contributed by atoms with Gasteiger partial charge >= 0.3 is 0 Å². The molecule has 0 radical (unpaired) electrons. The van der Waals surface area contributed by atoms with E-state index in [1.807, 2.05) is 0 Å². The van der Waals surface area contributed by atoms with Crippen molar-refractivity contribution >= 4 is 8.07 Å². The standard InChI is InChI=1S/C10H18FNOSi/c1-14(2,3)8-7-13-9-12-6-4-5-10(12)11/h4-6H,7-9H2,1-3H3. The molecule has 0 spiro atoms. The maximum absolute atomic E-state index is 12.9. The summed E-state index contributed by atoms with van der Waals surface area (Å²) in [5, 5.41) is 0. The third-order valence-electron chi connectivity index (χ3n) is 2.00. The minimum atomic E-state index is -1.02. The van der Waals surface area contributed by atoms with E-state index in [9.17, 15) is 4.39 Å². The number of halogens is 1. The summed E-state index contributed by atoms with van der Waals surface area (Å²) in [6.07, 6.45) is 1.68.